The second-order valence-corrected chi connectivity index (χ2v) is 10.7. The molecule has 0 saturated heterocycles. The van der Waals surface area contributed by atoms with Crippen molar-refractivity contribution in [2.45, 2.75) is 96.8 Å². The van der Waals surface area contributed by atoms with Crippen LogP contribution in [0.3, 0.4) is 0 Å². The van der Waals surface area contributed by atoms with Gasteiger partial charge < -0.3 is 46.1 Å². The summed E-state index contributed by atoms with van der Waals surface area (Å²) in [6.45, 7) is 9.75. The maximum Gasteiger partial charge on any atom is 0.430 e. The number of benzene rings is 1. The number of nitrogens with two attached hydrogens (primary N) is 2. The normalized spacial score (nSPS) is 11.4. The number of aryl methyl sites for hydroxylation is 2. The Labute approximate surface area is 300 Å². The number of unbranched alkanes of at least 4 members (excludes halogenated alkanes) is 4. The zero-order chi connectivity index (χ0) is 41.3. The van der Waals surface area contributed by atoms with Crippen LogP contribution >= 0.6 is 0 Å². The largest absolute Gasteiger partial charge is 0.542 e. The van der Waals surface area contributed by atoms with E-state index in [0.29, 0.717) is 13.1 Å². The number of hydrogen-bond donors (Lipinski definition) is 2. The fourth-order valence-corrected chi connectivity index (χ4v) is 3.75. The van der Waals surface area contributed by atoms with Gasteiger partial charge in [0.15, 0.2) is 0 Å². The smallest absolute Gasteiger partial charge is 0.430 e. The molecule has 0 aliphatic rings. The van der Waals surface area contributed by atoms with E-state index in [0.717, 1.165) is 50.7 Å². The van der Waals surface area contributed by atoms with Gasteiger partial charge in [-0.3, -0.25) is 0 Å². The summed E-state index contributed by atoms with van der Waals surface area (Å²) in [7, 11) is 0. The summed E-state index contributed by atoms with van der Waals surface area (Å²) in [4.78, 5) is 28.9. The van der Waals surface area contributed by atoms with E-state index < -0.39 is 36.4 Å². The minimum absolute atomic E-state index is 0.659. The van der Waals surface area contributed by atoms with Gasteiger partial charge in [-0.15, -0.1) is 0 Å². The standard InChI is InChI=1S/C25H44N7.3C2HF3O2/c1-3-5-7-17-30(18-8-6-4-2)24-13-11-23(12-14-24)28-29-25-31(19-9-15-26)21-22-32(25)20-10-16-27;3*3-2(4,5)1(6)7/h11-14,21-22H,3-10,15-20,26-27H2,1-2H3;3*(H,6,7)/q+1;;;/p-3. The summed E-state index contributed by atoms with van der Waals surface area (Å²) in [5.41, 5.74) is 13.5. The SMILES string of the molecule is CCCCCN(CCCCC)c1ccc(N=Nc2n(CCCN)cc[n+]2CCCN)cc1.O=C([O-])C(F)(F)F.O=C([O-])C(F)(F)F.O=C([O-])C(F)(F)F. The molecule has 0 atom stereocenters. The molecule has 0 bridgehead atoms. The number of halogens is 9. The van der Waals surface area contributed by atoms with Crippen LogP contribution < -0.4 is 36.3 Å². The van der Waals surface area contributed by atoms with Crippen LogP contribution in [-0.2, 0) is 27.5 Å². The van der Waals surface area contributed by atoms with Gasteiger partial charge in [0, 0.05) is 23.9 Å². The number of carboxylic acids is 3. The van der Waals surface area contributed by atoms with Gasteiger partial charge in [0.2, 0.25) is 0 Å². The Bertz CT molecular complexity index is 1260. The molecule has 0 radical (unpaired) electrons. The molecule has 1 aromatic heterocycles. The fraction of sp³-hybridized carbons (Fsp3) is 0.613. The number of carboxylic acid groups (broad SMARTS) is 3. The van der Waals surface area contributed by atoms with Crippen LogP contribution in [0.2, 0.25) is 0 Å². The van der Waals surface area contributed by atoms with Crippen molar-refractivity contribution in [1.82, 2.24) is 4.57 Å². The van der Waals surface area contributed by atoms with E-state index in [9.17, 15) is 39.5 Å². The first-order valence-corrected chi connectivity index (χ1v) is 16.2. The third-order valence-corrected chi connectivity index (χ3v) is 6.37. The molecule has 2 aromatic rings. The van der Waals surface area contributed by atoms with Crippen LogP contribution in [0, 0.1) is 0 Å². The molecule has 13 nitrogen and oxygen atoms in total. The topological polar surface area (TPSA) is 209 Å². The number of imidazole rings is 1. The number of carbonyl (C=O) groups excluding carboxylic acids is 3. The van der Waals surface area contributed by atoms with Gasteiger partial charge in [-0.25, -0.2) is 9.13 Å². The van der Waals surface area contributed by atoms with Gasteiger partial charge in [-0.2, -0.15) is 39.5 Å². The quantitative estimate of drug-likeness (QED) is 0.105. The lowest BCUT2D eigenvalue weighted by Gasteiger charge is -2.25. The average molecular weight is 782 g/mol. The zero-order valence-corrected chi connectivity index (χ0v) is 29.1. The van der Waals surface area contributed by atoms with Crippen molar-refractivity contribution in [3.05, 3.63) is 36.7 Å². The molecule has 0 saturated carbocycles. The van der Waals surface area contributed by atoms with E-state index in [-0.39, 0.29) is 0 Å². The number of azo groups is 1. The number of nitrogens with zero attached hydrogens (tertiary/aromatic N) is 5. The van der Waals surface area contributed by atoms with Crippen LogP contribution in [0.5, 0.6) is 0 Å². The summed E-state index contributed by atoms with van der Waals surface area (Å²) in [5, 5.41) is 35.5. The van der Waals surface area contributed by atoms with Crippen LogP contribution in [0.1, 0.15) is 65.2 Å². The summed E-state index contributed by atoms with van der Waals surface area (Å²) < 4.78 is 98.9. The van der Waals surface area contributed by atoms with Crippen LogP contribution in [0.4, 0.5) is 56.8 Å². The van der Waals surface area contributed by atoms with Crippen molar-refractivity contribution in [3.63, 3.8) is 0 Å². The molecule has 0 aliphatic carbocycles. The maximum absolute atomic E-state index is 10.5. The zero-order valence-electron chi connectivity index (χ0n) is 29.1. The van der Waals surface area contributed by atoms with Crippen molar-refractivity contribution in [2.75, 3.05) is 31.1 Å². The molecule has 0 fully saturated rings. The van der Waals surface area contributed by atoms with Crippen LogP contribution in [-0.4, -0.2) is 67.2 Å². The van der Waals surface area contributed by atoms with Crippen molar-refractivity contribution >= 4 is 35.2 Å². The lowest BCUT2D eigenvalue weighted by molar-refractivity contribution is -0.683. The number of carbonyl (C=O) groups is 3. The Hall–Kier alpha value is -4.47. The second-order valence-electron chi connectivity index (χ2n) is 10.7. The predicted octanol–water partition coefficient (Wildman–Crippen LogP) is 2.97. The van der Waals surface area contributed by atoms with Crippen LogP contribution in [0.15, 0.2) is 46.9 Å². The van der Waals surface area contributed by atoms with Gasteiger partial charge in [-0.1, -0.05) is 44.6 Å². The van der Waals surface area contributed by atoms with Gasteiger partial charge >= 0.3 is 24.5 Å². The van der Waals surface area contributed by atoms with Gasteiger partial charge in [0.25, 0.3) is 0 Å². The first-order valence-electron chi connectivity index (χ1n) is 16.2. The van der Waals surface area contributed by atoms with Crippen molar-refractivity contribution in [1.29, 1.82) is 0 Å². The third kappa shape index (κ3) is 24.4. The average Bonchev–Trinajstić information content (AvgIpc) is 3.45. The van der Waals surface area contributed by atoms with Gasteiger partial charge in [-0.05, 0) is 63.0 Å². The molecule has 2 rings (SSSR count). The van der Waals surface area contributed by atoms with E-state index >= 15 is 0 Å². The van der Waals surface area contributed by atoms with E-state index in [1.165, 1.54) is 44.2 Å². The molecule has 1 heterocycles. The molecule has 304 valence electrons. The van der Waals surface area contributed by atoms with Crippen molar-refractivity contribution in [2.24, 2.45) is 21.7 Å². The molecular formula is C31H44F9N7O6-2. The Kier molecular flexibility index (Phi) is 25.1. The molecule has 0 amide bonds. The Balaban J connectivity index is 0. The van der Waals surface area contributed by atoms with E-state index in [2.05, 4.69) is 62.4 Å². The molecule has 53 heavy (non-hydrogen) atoms. The highest BCUT2D eigenvalue weighted by atomic mass is 19.4. The summed E-state index contributed by atoms with van der Waals surface area (Å²) >= 11 is 0. The van der Waals surface area contributed by atoms with E-state index in [1.807, 2.05) is 12.4 Å². The van der Waals surface area contributed by atoms with Crippen molar-refractivity contribution < 1.29 is 73.8 Å². The molecule has 0 aliphatic heterocycles. The first-order chi connectivity index (χ1) is 24.6. The number of rotatable bonds is 17. The van der Waals surface area contributed by atoms with E-state index in [4.69, 9.17) is 41.2 Å². The third-order valence-electron chi connectivity index (χ3n) is 6.37. The lowest BCUT2D eigenvalue weighted by Crippen LogP contribution is -2.37. The number of aliphatic carboxylic acids is 3. The molecule has 1 aromatic carbocycles. The highest BCUT2D eigenvalue weighted by Crippen LogP contribution is 2.23. The molecule has 22 heteroatoms. The molecular weight excluding hydrogens is 737 g/mol. The predicted molar refractivity (Wildman–Crippen MR) is 167 cm³/mol. The highest BCUT2D eigenvalue weighted by molar-refractivity contribution is 5.71. The first kappa shape index (κ1) is 50.6. The summed E-state index contributed by atoms with van der Waals surface area (Å²) in [5.74, 6) is -8.18. The number of alkyl halides is 9. The minimum atomic E-state index is -5.19. The minimum Gasteiger partial charge on any atom is -0.542 e. The Morgan fingerprint density at radius 2 is 1.11 bits per heavy atom. The Morgan fingerprint density at radius 3 is 1.47 bits per heavy atom. The van der Waals surface area contributed by atoms with Crippen LogP contribution in [0.25, 0.3) is 0 Å². The number of aromatic nitrogens is 2. The van der Waals surface area contributed by atoms with Crippen molar-refractivity contribution in [3.8, 4) is 0 Å². The lowest BCUT2D eigenvalue weighted by atomic mass is 10.2. The highest BCUT2D eigenvalue weighted by Gasteiger charge is 2.30. The van der Waals surface area contributed by atoms with Gasteiger partial charge in [0.05, 0.1) is 25.5 Å². The summed E-state index contributed by atoms with van der Waals surface area (Å²) in [6, 6.07) is 8.51. The molecule has 0 spiro atoms. The maximum atomic E-state index is 10.5. The fourth-order valence-electron chi connectivity index (χ4n) is 3.75. The number of anilines is 1. The molecule has 4 N–H and O–H groups in total. The monoisotopic (exact) mass is 781 g/mol. The Morgan fingerprint density at radius 1 is 0.698 bits per heavy atom. The van der Waals surface area contributed by atoms with E-state index in [1.54, 1.807) is 0 Å². The van der Waals surface area contributed by atoms with Gasteiger partial charge in [0.1, 0.15) is 23.6 Å². The number of hydrogen-bond acceptors (Lipinski definition) is 11. The molecule has 0 unspecified atom stereocenters. The second kappa shape index (κ2) is 26.3. The summed E-state index contributed by atoms with van der Waals surface area (Å²) in [6.07, 6.45) is -2.11.